The molecule has 0 saturated carbocycles. The summed E-state index contributed by atoms with van der Waals surface area (Å²) >= 11 is 0. The van der Waals surface area contributed by atoms with Crippen molar-refractivity contribution in [1.82, 2.24) is 0 Å². The standard InChI is InChI=1S/C20H20N4O3.BrH/c1-13-10-17-18(11-14(13)2)23(20-21-8-3-9-22(17)20)12-19(25)15-4-6-16(7-5-15)24(26)27;/h4-7,10-11H,3,8-9,12H2,1-2H3;1H. The largest absolute Gasteiger partial charge is 0.310 e. The molecule has 8 heteroatoms. The van der Waals surface area contributed by atoms with Gasteiger partial charge in [-0.05, 0) is 55.7 Å². The van der Waals surface area contributed by atoms with E-state index in [4.69, 9.17) is 0 Å². The summed E-state index contributed by atoms with van der Waals surface area (Å²) in [5.41, 5.74) is 4.90. The van der Waals surface area contributed by atoms with Gasteiger partial charge in [-0.1, -0.05) is 0 Å². The number of Topliss-reactive ketones (excluding diaryl/α,β-unsaturated/α-hetero) is 1. The first-order valence-electron chi connectivity index (χ1n) is 8.94. The Kier molecular flexibility index (Phi) is 5.51. The molecule has 2 aliphatic rings. The summed E-state index contributed by atoms with van der Waals surface area (Å²) in [7, 11) is 0. The number of non-ortho nitro benzene ring substituents is 1. The van der Waals surface area contributed by atoms with Crippen LogP contribution in [0.4, 0.5) is 17.1 Å². The molecule has 0 radical (unpaired) electrons. The Morgan fingerprint density at radius 2 is 1.79 bits per heavy atom. The second kappa shape index (κ2) is 7.71. The van der Waals surface area contributed by atoms with Crippen LogP contribution in [0, 0.1) is 24.0 Å². The van der Waals surface area contributed by atoms with Gasteiger partial charge in [0.15, 0.2) is 5.78 Å². The van der Waals surface area contributed by atoms with Gasteiger partial charge in [0.05, 0.1) is 22.8 Å². The molecule has 0 aromatic heterocycles. The highest BCUT2D eigenvalue weighted by Crippen LogP contribution is 2.40. The van der Waals surface area contributed by atoms with Crippen LogP contribution in [-0.2, 0) is 0 Å². The van der Waals surface area contributed by atoms with E-state index in [1.54, 1.807) is 0 Å². The lowest BCUT2D eigenvalue weighted by molar-refractivity contribution is -0.384. The number of fused-ring (bicyclic) bond motifs is 3. The molecule has 0 N–H and O–H groups in total. The molecule has 0 atom stereocenters. The van der Waals surface area contributed by atoms with Crippen molar-refractivity contribution in [2.75, 3.05) is 29.4 Å². The van der Waals surface area contributed by atoms with Gasteiger partial charge in [0, 0.05) is 30.8 Å². The number of nitro groups is 1. The van der Waals surface area contributed by atoms with Gasteiger partial charge < -0.3 is 9.80 Å². The molecule has 4 rings (SSSR count). The molecule has 2 aromatic rings. The Morgan fingerprint density at radius 3 is 2.43 bits per heavy atom. The first-order chi connectivity index (χ1) is 13.0. The fraction of sp³-hybridized carbons (Fsp3) is 0.300. The van der Waals surface area contributed by atoms with E-state index in [0.29, 0.717) is 5.56 Å². The SMILES string of the molecule is Br.Cc1cc2c(cc1C)N(CC(=O)c1ccc([N+](=O)[O-])cc1)C1=NCCCN12. The van der Waals surface area contributed by atoms with Crippen LogP contribution in [0.1, 0.15) is 27.9 Å². The summed E-state index contributed by atoms with van der Waals surface area (Å²) in [6.45, 7) is 5.94. The number of ketones is 1. The van der Waals surface area contributed by atoms with Crippen LogP contribution in [0.15, 0.2) is 41.4 Å². The zero-order valence-electron chi connectivity index (χ0n) is 15.7. The Labute approximate surface area is 173 Å². The Bertz CT molecular complexity index is 972. The molecule has 0 amide bonds. The molecule has 2 aromatic carbocycles. The van der Waals surface area contributed by atoms with E-state index in [-0.39, 0.29) is 35.0 Å². The van der Waals surface area contributed by atoms with E-state index in [2.05, 4.69) is 35.9 Å². The maximum atomic E-state index is 12.8. The monoisotopic (exact) mass is 444 g/mol. The number of rotatable bonds is 4. The van der Waals surface area contributed by atoms with Crippen LogP contribution in [0.3, 0.4) is 0 Å². The molecule has 0 aliphatic carbocycles. The van der Waals surface area contributed by atoms with E-state index >= 15 is 0 Å². The highest BCUT2D eigenvalue weighted by atomic mass is 79.9. The van der Waals surface area contributed by atoms with E-state index in [1.165, 1.54) is 35.4 Å². The molecule has 0 fully saturated rings. The van der Waals surface area contributed by atoms with Crippen molar-refractivity contribution in [3.8, 4) is 0 Å². The molecule has 7 nitrogen and oxygen atoms in total. The van der Waals surface area contributed by atoms with Crippen molar-refractivity contribution < 1.29 is 9.72 Å². The maximum Gasteiger partial charge on any atom is 0.269 e. The van der Waals surface area contributed by atoms with E-state index < -0.39 is 4.92 Å². The van der Waals surface area contributed by atoms with Crippen LogP contribution in [-0.4, -0.2) is 36.3 Å². The van der Waals surface area contributed by atoms with Crippen molar-refractivity contribution in [2.24, 2.45) is 4.99 Å². The first-order valence-corrected chi connectivity index (χ1v) is 8.94. The molecular formula is C20H21BrN4O3. The summed E-state index contributed by atoms with van der Waals surface area (Å²) in [5, 5.41) is 10.8. The van der Waals surface area contributed by atoms with E-state index in [9.17, 15) is 14.9 Å². The zero-order chi connectivity index (χ0) is 19.1. The van der Waals surface area contributed by atoms with Crippen molar-refractivity contribution in [3.05, 3.63) is 63.2 Å². The third-order valence-corrected chi connectivity index (χ3v) is 5.15. The average molecular weight is 445 g/mol. The number of carbonyl (C=O) groups excluding carboxylic acids is 1. The topological polar surface area (TPSA) is 79.0 Å². The predicted octanol–water partition coefficient (Wildman–Crippen LogP) is 4.06. The average Bonchev–Trinajstić information content (AvgIpc) is 2.95. The number of anilines is 2. The Morgan fingerprint density at radius 1 is 1.14 bits per heavy atom. The van der Waals surface area contributed by atoms with Gasteiger partial charge in [-0.2, -0.15) is 0 Å². The minimum absolute atomic E-state index is 0. The summed E-state index contributed by atoms with van der Waals surface area (Å²) in [5.74, 6) is 0.723. The van der Waals surface area contributed by atoms with Gasteiger partial charge in [0.2, 0.25) is 5.96 Å². The number of nitrogens with zero attached hydrogens (tertiary/aromatic N) is 4. The maximum absolute atomic E-state index is 12.8. The van der Waals surface area contributed by atoms with Crippen molar-refractivity contribution in [1.29, 1.82) is 0 Å². The number of aryl methyl sites for hydroxylation is 2. The van der Waals surface area contributed by atoms with Crippen LogP contribution < -0.4 is 9.80 Å². The fourth-order valence-electron chi connectivity index (χ4n) is 3.54. The number of hydrogen-bond donors (Lipinski definition) is 0. The van der Waals surface area contributed by atoms with Gasteiger partial charge in [0.25, 0.3) is 5.69 Å². The molecular weight excluding hydrogens is 424 g/mol. The number of nitro benzene ring substituents is 1. The number of halogens is 1. The van der Waals surface area contributed by atoms with Gasteiger partial charge in [-0.25, -0.2) is 0 Å². The Hall–Kier alpha value is -2.74. The minimum atomic E-state index is -0.468. The third-order valence-electron chi connectivity index (χ3n) is 5.15. The summed E-state index contributed by atoms with van der Waals surface area (Å²) < 4.78 is 0. The summed E-state index contributed by atoms with van der Waals surface area (Å²) in [6.07, 6.45) is 0.986. The lowest BCUT2D eigenvalue weighted by Crippen LogP contribution is -2.43. The van der Waals surface area contributed by atoms with Gasteiger partial charge in [-0.15, -0.1) is 17.0 Å². The van der Waals surface area contributed by atoms with Crippen LogP contribution >= 0.6 is 17.0 Å². The molecule has 0 spiro atoms. The van der Waals surface area contributed by atoms with Gasteiger partial charge in [0.1, 0.15) is 0 Å². The van der Waals surface area contributed by atoms with Crippen molar-refractivity contribution >= 4 is 45.8 Å². The second-order valence-electron chi connectivity index (χ2n) is 6.93. The lowest BCUT2D eigenvalue weighted by atomic mass is 10.1. The molecule has 0 bridgehead atoms. The smallest absolute Gasteiger partial charge is 0.269 e. The predicted molar refractivity (Wildman–Crippen MR) is 115 cm³/mol. The van der Waals surface area contributed by atoms with Crippen LogP contribution in [0.25, 0.3) is 0 Å². The van der Waals surface area contributed by atoms with Crippen LogP contribution in [0.5, 0.6) is 0 Å². The Balaban J connectivity index is 0.00000225. The fourth-order valence-corrected chi connectivity index (χ4v) is 3.54. The highest BCUT2D eigenvalue weighted by Gasteiger charge is 2.35. The van der Waals surface area contributed by atoms with Crippen molar-refractivity contribution in [2.45, 2.75) is 20.3 Å². The quantitative estimate of drug-likeness (QED) is 0.403. The molecule has 2 heterocycles. The summed E-state index contributed by atoms with van der Waals surface area (Å²) in [4.78, 5) is 32.0. The molecule has 28 heavy (non-hydrogen) atoms. The lowest BCUT2D eigenvalue weighted by Gasteiger charge is -2.26. The summed E-state index contributed by atoms with van der Waals surface area (Å²) in [6, 6.07) is 10.0. The number of benzene rings is 2. The molecule has 0 unspecified atom stereocenters. The number of carbonyl (C=O) groups is 1. The normalized spacial score (nSPS) is 14.7. The third kappa shape index (κ3) is 3.40. The molecule has 2 aliphatic heterocycles. The number of hydrogen-bond acceptors (Lipinski definition) is 6. The van der Waals surface area contributed by atoms with Gasteiger partial charge in [-0.3, -0.25) is 19.9 Å². The van der Waals surface area contributed by atoms with Crippen LogP contribution in [0.2, 0.25) is 0 Å². The number of aliphatic imine (C=N–C) groups is 1. The highest BCUT2D eigenvalue weighted by molar-refractivity contribution is 8.93. The van der Waals surface area contributed by atoms with Crippen molar-refractivity contribution in [3.63, 3.8) is 0 Å². The first kappa shape index (κ1) is 20.0. The zero-order valence-corrected chi connectivity index (χ0v) is 17.4. The minimum Gasteiger partial charge on any atom is -0.310 e. The van der Waals surface area contributed by atoms with E-state index in [0.717, 1.165) is 36.8 Å². The number of guanidine groups is 1. The second-order valence-corrected chi connectivity index (χ2v) is 6.93. The molecule has 0 saturated heterocycles. The molecule has 146 valence electrons. The van der Waals surface area contributed by atoms with Gasteiger partial charge >= 0.3 is 0 Å². The van der Waals surface area contributed by atoms with E-state index in [1.807, 2.05) is 4.90 Å².